The number of hydrogen-bond acceptors (Lipinski definition) is 5. The molecule has 0 unspecified atom stereocenters. The van der Waals surface area contributed by atoms with E-state index < -0.39 is 12.1 Å². The summed E-state index contributed by atoms with van der Waals surface area (Å²) in [5, 5.41) is 6.45. The Kier molecular flexibility index (Phi) is 7.54. The Morgan fingerprint density at radius 1 is 1.20 bits per heavy atom. The molecule has 0 aromatic heterocycles. The van der Waals surface area contributed by atoms with Crippen molar-refractivity contribution in [3.05, 3.63) is 58.6 Å². The summed E-state index contributed by atoms with van der Waals surface area (Å²) in [6, 6.07) is 12.2. The lowest BCUT2D eigenvalue weighted by Crippen LogP contribution is -2.52. The molecule has 2 N–H and O–H groups in total. The average molecular weight is 433 g/mol. The first kappa shape index (κ1) is 21.9. The molecule has 7 nitrogen and oxygen atoms in total. The lowest BCUT2D eigenvalue weighted by molar-refractivity contribution is -0.148. The largest absolute Gasteiger partial charge is 0.493 e. The van der Waals surface area contributed by atoms with E-state index in [-0.39, 0.29) is 18.4 Å². The molecule has 1 fully saturated rings. The van der Waals surface area contributed by atoms with E-state index in [1.54, 1.807) is 25.3 Å². The van der Waals surface area contributed by atoms with Gasteiger partial charge < -0.3 is 24.8 Å². The third-order valence-electron chi connectivity index (χ3n) is 4.92. The second-order valence-corrected chi connectivity index (χ2v) is 7.28. The molecule has 1 heterocycles. The van der Waals surface area contributed by atoms with Gasteiger partial charge in [-0.1, -0.05) is 35.9 Å². The van der Waals surface area contributed by atoms with Crippen LogP contribution >= 0.6 is 11.6 Å². The molecular formula is C22H25ClN2O5. The van der Waals surface area contributed by atoms with Gasteiger partial charge in [-0.15, -0.1) is 0 Å². The van der Waals surface area contributed by atoms with Gasteiger partial charge in [0.2, 0.25) is 5.91 Å². The van der Waals surface area contributed by atoms with Crippen LogP contribution in [0, 0.1) is 0 Å². The van der Waals surface area contributed by atoms with Crippen molar-refractivity contribution in [3.8, 4) is 11.5 Å². The number of nitrogens with one attached hydrogen (secondary N) is 2. The normalized spacial score (nSPS) is 18.4. The van der Waals surface area contributed by atoms with E-state index in [0.717, 1.165) is 23.4 Å². The van der Waals surface area contributed by atoms with Gasteiger partial charge in [0.15, 0.2) is 17.6 Å². The first-order valence-electron chi connectivity index (χ1n) is 9.67. The third kappa shape index (κ3) is 5.23. The smallest absolute Gasteiger partial charge is 0.251 e. The molecule has 0 saturated carbocycles. The van der Waals surface area contributed by atoms with Crippen molar-refractivity contribution in [2.75, 3.05) is 27.4 Å². The second kappa shape index (κ2) is 10.3. The van der Waals surface area contributed by atoms with Crippen molar-refractivity contribution in [2.24, 2.45) is 0 Å². The number of methoxy groups -OCH3 is 2. The molecular weight excluding hydrogens is 408 g/mol. The summed E-state index contributed by atoms with van der Waals surface area (Å²) in [5.41, 5.74) is 1.73. The fourth-order valence-corrected chi connectivity index (χ4v) is 3.61. The average Bonchev–Trinajstić information content (AvgIpc) is 2.77. The molecule has 0 spiro atoms. The van der Waals surface area contributed by atoms with Crippen molar-refractivity contribution < 1.29 is 23.8 Å². The highest BCUT2D eigenvalue weighted by Crippen LogP contribution is 2.32. The van der Waals surface area contributed by atoms with Crippen molar-refractivity contribution in [2.45, 2.75) is 25.0 Å². The highest BCUT2D eigenvalue weighted by atomic mass is 35.5. The Balaban J connectivity index is 1.64. The first-order chi connectivity index (χ1) is 14.5. The second-order valence-electron chi connectivity index (χ2n) is 6.88. The minimum atomic E-state index is -0.846. The van der Waals surface area contributed by atoms with Crippen molar-refractivity contribution in [3.63, 3.8) is 0 Å². The topological polar surface area (TPSA) is 85.9 Å². The summed E-state index contributed by atoms with van der Waals surface area (Å²) in [6.07, 6.45) is 0.637. The molecule has 160 valence electrons. The Morgan fingerprint density at radius 2 is 1.97 bits per heavy atom. The number of morpholine rings is 1. The SMILES string of the molecule is COc1ccc([C@H]2NC(=O)CO[C@@H]2C(=O)NCCCc2ccccc2Cl)cc1OC. The Hall–Kier alpha value is -2.77. The highest BCUT2D eigenvalue weighted by Gasteiger charge is 2.36. The van der Waals surface area contributed by atoms with Crippen LogP contribution in [-0.4, -0.2) is 45.3 Å². The van der Waals surface area contributed by atoms with Crippen LogP contribution in [0.3, 0.4) is 0 Å². The van der Waals surface area contributed by atoms with Crippen molar-refractivity contribution in [1.82, 2.24) is 10.6 Å². The zero-order valence-corrected chi connectivity index (χ0v) is 17.7. The quantitative estimate of drug-likeness (QED) is 0.626. The fraction of sp³-hybridized carbons (Fsp3) is 0.364. The van der Waals surface area contributed by atoms with Gasteiger partial charge in [-0.25, -0.2) is 0 Å². The summed E-state index contributed by atoms with van der Waals surface area (Å²) in [4.78, 5) is 24.7. The molecule has 1 saturated heterocycles. The lowest BCUT2D eigenvalue weighted by atomic mass is 9.98. The molecule has 0 bridgehead atoms. The standard InChI is InChI=1S/C22H25ClN2O5/c1-28-17-10-9-15(12-18(17)29-2)20-21(30-13-19(26)25-20)22(27)24-11-5-7-14-6-3-4-8-16(14)23/h3-4,6,8-10,12,20-21H,5,7,11,13H2,1-2H3,(H,24,27)(H,25,26)/t20-,21+/m1/s1. The van der Waals surface area contributed by atoms with Crippen LogP contribution in [0.25, 0.3) is 0 Å². The molecule has 30 heavy (non-hydrogen) atoms. The summed E-state index contributed by atoms with van der Waals surface area (Å²) in [5.74, 6) is 0.505. The predicted molar refractivity (Wildman–Crippen MR) is 113 cm³/mol. The van der Waals surface area contributed by atoms with Crippen LogP contribution in [-0.2, 0) is 20.7 Å². The summed E-state index contributed by atoms with van der Waals surface area (Å²) >= 11 is 6.17. The number of aryl methyl sites for hydroxylation is 1. The maximum absolute atomic E-state index is 12.8. The maximum Gasteiger partial charge on any atom is 0.251 e. The monoisotopic (exact) mass is 432 g/mol. The van der Waals surface area contributed by atoms with Gasteiger partial charge in [0, 0.05) is 11.6 Å². The van der Waals surface area contributed by atoms with Crippen LogP contribution < -0.4 is 20.1 Å². The fourth-order valence-electron chi connectivity index (χ4n) is 3.38. The Bertz CT molecular complexity index is 905. The molecule has 0 aliphatic carbocycles. The van der Waals surface area contributed by atoms with E-state index in [1.807, 2.05) is 24.3 Å². The number of rotatable bonds is 8. The first-order valence-corrected chi connectivity index (χ1v) is 10.0. The van der Waals surface area contributed by atoms with Gasteiger partial charge in [0.1, 0.15) is 6.61 Å². The molecule has 1 aliphatic heterocycles. The van der Waals surface area contributed by atoms with Crippen molar-refractivity contribution in [1.29, 1.82) is 0 Å². The minimum absolute atomic E-state index is 0.165. The van der Waals surface area contributed by atoms with Crippen molar-refractivity contribution >= 4 is 23.4 Å². The van der Waals surface area contributed by atoms with Gasteiger partial charge in [0.05, 0.1) is 20.3 Å². The van der Waals surface area contributed by atoms with E-state index in [9.17, 15) is 9.59 Å². The number of benzene rings is 2. The van der Waals surface area contributed by atoms with Crippen LogP contribution in [0.4, 0.5) is 0 Å². The summed E-state index contributed by atoms with van der Waals surface area (Å²) in [6.45, 7) is 0.304. The van der Waals surface area contributed by atoms with E-state index in [1.165, 1.54) is 7.11 Å². The zero-order chi connectivity index (χ0) is 21.5. The van der Waals surface area contributed by atoms with E-state index in [2.05, 4.69) is 10.6 Å². The molecule has 2 aromatic carbocycles. The maximum atomic E-state index is 12.8. The summed E-state index contributed by atoms with van der Waals surface area (Å²) < 4.78 is 16.1. The molecule has 0 radical (unpaired) electrons. The van der Waals surface area contributed by atoms with Gasteiger partial charge >= 0.3 is 0 Å². The van der Waals surface area contributed by atoms with Crippen LogP contribution in [0.2, 0.25) is 5.02 Å². The number of amides is 2. The van der Waals surface area contributed by atoms with Crippen LogP contribution in [0.5, 0.6) is 11.5 Å². The number of carbonyl (C=O) groups excluding carboxylic acids is 2. The molecule has 2 amide bonds. The van der Waals surface area contributed by atoms with Gasteiger partial charge in [0.25, 0.3) is 5.91 Å². The zero-order valence-electron chi connectivity index (χ0n) is 16.9. The number of hydrogen-bond donors (Lipinski definition) is 2. The third-order valence-corrected chi connectivity index (χ3v) is 5.29. The molecule has 2 atom stereocenters. The number of ether oxygens (including phenoxy) is 3. The molecule has 2 aromatic rings. The predicted octanol–water partition coefficient (Wildman–Crippen LogP) is 2.66. The number of carbonyl (C=O) groups is 2. The molecule has 1 aliphatic rings. The van der Waals surface area contributed by atoms with E-state index >= 15 is 0 Å². The Labute approximate surface area is 180 Å². The minimum Gasteiger partial charge on any atom is -0.493 e. The number of halogens is 1. The van der Waals surface area contributed by atoms with E-state index in [4.69, 9.17) is 25.8 Å². The highest BCUT2D eigenvalue weighted by molar-refractivity contribution is 6.31. The van der Waals surface area contributed by atoms with Gasteiger partial charge in [-0.3, -0.25) is 9.59 Å². The van der Waals surface area contributed by atoms with Gasteiger partial charge in [-0.05, 0) is 42.2 Å². The summed E-state index contributed by atoms with van der Waals surface area (Å²) in [7, 11) is 3.07. The molecule has 8 heteroatoms. The van der Waals surface area contributed by atoms with Crippen LogP contribution in [0.15, 0.2) is 42.5 Å². The van der Waals surface area contributed by atoms with E-state index in [0.29, 0.717) is 23.6 Å². The lowest BCUT2D eigenvalue weighted by Gasteiger charge is -2.32. The molecule has 3 rings (SSSR count). The van der Waals surface area contributed by atoms with Gasteiger partial charge in [-0.2, -0.15) is 0 Å². The Morgan fingerprint density at radius 3 is 2.70 bits per heavy atom. The van der Waals surface area contributed by atoms with Crippen LogP contribution in [0.1, 0.15) is 23.6 Å².